The Morgan fingerprint density at radius 2 is 2.10 bits per heavy atom. The summed E-state index contributed by atoms with van der Waals surface area (Å²) in [6.07, 6.45) is 5.42. The fraction of sp³-hybridized carbons (Fsp3) is 0.400. The number of nitrogens with zero attached hydrogens (tertiary/aromatic N) is 3. The van der Waals surface area contributed by atoms with Crippen LogP contribution in [0.1, 0.15) is 25.7 Å². The summed E-state index contributed by atoms with van der Waals surface area (Å²) in [7, 11) is 1.64. The van der Waals surface area contributed by atoms with Crippen LogP contribution < -0.4 is 4.74 Å². The zero-order valence-corrected chi connectivity index (χ0v) is 12.7. The second-order valence-electron chi connectivity index (χ2n) is 5.00. The highest BCUT2D eigenvalue weighted by atomic mass is 32.2. The van der Waals surface area contributed by atoms with Gasteiger partial charge in [0.1, 0.15) is 17.9 Å². The van der Waals surface area contributed by atoms with E-state index in [1.54, 1.807) is 13.4 Å². The smallest absolute Gasteiger partial charge is 0.196 e. The molecule has 0 N–H and O–H groups in total. The molecule has 0 saturated heterocycles. The van der Waals surface area contributed by atoms with E-state index in [1.807, 2.05) is 28.8 Å². The van der Waals surface area contributed by atoms with E-state index in [9.17, 15) is 4.79 Å². The molecule has 1 aliphatic rings. The van der Waals surface area contributed by atoms with Crippen molar-refractivity contribution in [3.05, 3.63) is 30.6 Å². The number of carbonyl (C=O) groups excluding carboxylic acids is 1. The van der Waals surface area contributed by atoms with Gasteiger partial charge in [-0.2, -0.15) is 0 Å². The van der Waals surface area contributed by atoms with Crippen LogP contribution in [-0.4, -0.2) is 32.9 Å². The molecule has 1 heterocycles. The zero-order chi connectivity index (χ0) is 14.7. The van der Waals surface area contributed by atoms with Gasteiger partial charge in [-0.1, -0.05) is 18.2 Å². The number of hydrogen-bond acceptors (Lipinski definition) is 5. The van der Waals surface area contributed by atoms with Gasteiger partial charge in [-0.3, -0.25) is 9.36 Å². The molecule has 110 valence electrons. The molecule has 1 aromatic carbocycles. The number of methoxy groups -OCH3 is 1. The lowest BCUT2D eigenvalue weighted by atomic mass is 9.99. The van der Waals surface area contributed by atoms with Gasteiger partial charge >= 0.3 is 0 Å². The van der Waals surface area contributed by atoms with Crippen molar-refractivity contribution < 1.29 is 9.53 Å². The number of ether oxygens (including phenoxy) is 1. The topological polar surface area (TPSA) is 57.0 Å². The summed E-state index contributed by atoms with van der Waals surface area (Å²) in [5.74, 6) is 1.14. The van der Waals surface area contributed by atoms with Crippen LogP contribution in [0, 0.1) is 0 Å². The third-order valence-corrected chi connectivity index (χ3v) is 4.89. The van der Waals surface area contributed by atoms with Crippen molar-refractivity contribution >= 4 is 17.5 Å². The molecule has 1 fully saturated rings. The van der Waals surface area contributed by atoms with E-state index < -0.39 is 0 Å². The molecule has 1 aliphatic carbocycles. The van der Waals surface area contributed by atoms with E-state index in [2.05, 4.69) is 10.2 Å². The number of thioether (sulfide) groups is 1. The molecule has 0 amide bonds. The Morgan fingerprint density at radius 3 is 2.81 bits per heavy atom. The predicted molar refractivity (Wildman–Crippen MR) is 81.0 cm³/mol. The van der Waals surface area contributed by atoms with Gasteiger partial charge in [-0.05, 0) is 37.1 Å². The van der Waals surface area contributed by atoms with Crippen molar-refractivity contribution in [2.45, 2.75) is 36.1 Å². The van der Waals surface area contributed by atoms with E-state index in [0.29, 0.717) is 12.2 Å². The molecule has 1 unspecified atom stereocenters. The van der Waals surface area contributed by atoms with Crippen LogP contribution in [0.5, 0.6) is 5.75 Å². The van der Waals surface area contributed by atoms with Gasteiger partial charge in [0.15, 0.2) is 5.16 Å². The number of rotatable bonds is 4. The van der Waals surface area contributed by atoms with Crippen LogP contribution in [0.15, 0.2) is 35.7 Å². The molecule has 5 nitrogen and oxygen atoms in total. The van der Waals surface area contributed by atoms with Crippen molar-refractivity contribution in [3.8, 4) is 11.4 Å². The lowest BCUT2D eigenvalue weighted by molar-refractivity contribution is -0.119. The van der Waals surface area contributed by atoms with Crippen LogP contribution in [0.4, 0.5) is 0 Å². The summed E-state index contributed by atoms with van der Waals surface area (Å²) >= 11 is 1.52. The Balaban J connectivity index is 1.81. The lowest BCUT2D eigenvalue weighted by Gasteiger charge is -2.19. The van der Waals surface area contributed by atoms with E-state index in [-0.39, 0.29) is 5.25 Å². The lowest BCUT2D eigenvalue weighted by Crippen LogP contribution is -2.21. The van der Waals surface area contributed by atoms with E-state index >= 15 is 0 Å². The number of hydrogen-bond donors (Lipinski definition) is 0. The second-order valence-corrected chi connectivity index (χ2v) is 6.17. The standard InChI is InChI=1S/C15H17N3O2S/c1-20-12-8-6-11(7-9-12)18-10-16-17-15(18)21-14-5-3-2-4-13(14)19/h6-10,14H,2-5H2,1H3. The summed E-state index contributed by atoms with van der Waals surface area (Å²) in [5, 5.41) is 8.92. The molecule has 0 radical (unpaired) electrons. The number of benzene rings is 1. The fourth-order valence-corrected chi connectivity index (χ4v) is 3.58. The Hall–Kier alpha value is -1.82. The van der Waals surface area contributed by atoms with Gasteiger partial charge in [-0.15, -0.1) is 10.2 Å². The molecule has 6 heteroatoms. The number of ketones is 1. The molecule has 1 aromatic heterocycles. The molecule has 2 aromatic rings. The van der Waals surface area contributed by atoms with Crippen LogP contribution in [0.2, 0.25) is 0 Å². The zero-order valence-electron chi connectivity index (χ0n) is 11.9. The quantitative estimate of drug-likeness (QED) is 0.869. The average Bonchev–Trinajstić information content (AvgIpc) is 2.98. The molecule has 3 rings (SSSR count). The maximum atomic E-state index is 12.0. The monoisotopic (exact) mass is 303 g/mol. The summed E-state index contributed by atoms with van der Waals surface area (Å²) in [6.45, 7) is 0. The molecule has 0 aliphatic heterocycles. The summed E-state index contributed by atoms with van der Waals surface area (Å²) in [4.78, 5) is 12.0. The van der Waals surface area contributed by atoms with Gasteiger partial charge in [0.25, 0.3) is 0 Å². The minimum atomic E-state index is 0.0138. The largest absolute Gasteiger partial charge is 0.497 e. The highest BCUT2D eigenvalue weighted by Gasteiger charge is 2.25. The SMILES string of the molecule is COc1ccc(-n2cnnc2SC2CCCCC2=O)cc1. The van der Waals surface area contributed by atoms with Gasteiger partial charge in [0.05, 0.1) is 12.4 Å². The Bertz CT molecular complexity index is 624. The number of carbonyl (C=O) groups is 1. The van der Waals surface area contributed by atoms with Crippen molar-refractivity contribution in [1.29, 1.82) is 0 Å². The van der Waals surface area contributed by atoms with Crippen LogP contribution in [0.25, 0.3) is 5.69 Å². The third kappa shape index (κ3) is 3.10. The average molecular weight is 303 g/mol. The maximum absolute atomic E-state index is 12.0. The molecule has 21 heavy (non-hydrogen) atoms. The van der Waals surface area contributed by atoms with Crippen LogP contribution in [0.3, 0.4) is 0 Å². The third-order valence-electron chi connectivity index (χ3n) is 3.61. The highest BCUT2D eigenvalue weighted by Crippen LogP contribution is 2.31. The van der Waals surface area contributed by atoms with E-state index in [4.69, 9.17) is 4.74 Å². The first-order valence-corrected chi connectivity index (χ1v) is 7.90. The highest BCUT2D eigenvalue weighted by molar-refractivity contribution is 8.00. The number of Topliss-reactive ketones (excluding diaryl/α,β-unsaturated/α-hetero) is 1. The Morgan fingerprint density at radius 1 is 1.29 bits per heavy atom. The minimum absolute atomic E-state index is 0.0138. The van der Waals surface area contributed by atoms with Gasteiger partial charge < -0.3 is 4.74 Å². The van der Waals surface area contributed by atoms with E-state index in [0.717, 1.165) is 35.9 Å². The van der Waals surface area contributed by atoms with Gasteiger partial charge in [-0.25, -0.2) is 0 Å². The Labute approximate surface area is 127 Å². The van der Waals surface area contributed by atoms with Crippen molar-refractivity contribution in [2.75, 3.05) is 7.11 Å². The van der Waals surface area contributed by atoms with Gasteiger partial charge in [0.2, 0.25) is 0 Å². The summed E-state index contributed by atoms with van der Waals surface area (Å²) < 4.78 is 7.07. The molecule has 1 saturated carbocycles. The van der Waals surface area contributed by atoms with Crippen molar-refractivity contribution in [1.82, 2.24) is 14.8 Å². The van der Waals surface area contributed by atoms with Crippen molar-refractivity contribution in [3.63, 3.8) is 0 Å². The minimum Gasteiger partial charge on any atom is -0.497 e. The molecular weight excluding hydrogens is 286 g/mol. The molecule has 0 spiro atoms. The molecule has 1 atom stereocenters. The predicted octanol–water partition coefficient (Wildman–Crippen LogP) is 2.88. The summed E-state index contributed by atoms with van der Waals surface area (Å²) in [5.41, 5.74) is 0.964. The van der Waals surface area contributed by atoms with Crippen LogP contribution >= 0.6 is 11.8 Å². The molecule has 0 bridgehead atoms. The first-order valence-electron chi connectivity index (χ1n) is 7.02. The maximum Gasteiger partial charge on any atom is 0.196 e. The normalized spacial score (nSPS) is 18.7. The fourth-order valence-electron chi connectivity index (χ4n) is 2.43. The molecular formula is C15H17N3O2S. The first-order chi connectivity index (χ1) is 10.3. The second kappa shape index (κ2) is 6.30. The van der Waals surface area contributed by atoms with Crippen molar-refractivity contribution in [2.24, 2.45) is 0 Å². The first kappa shape index (κ1) is 14.1. The number of aromatic nitrogens is 3. The Kier molecular flexibility index (Phi) is 4.24. The van der Waals surface area contributed by atoms with Crippen LogP contribution in [-0.2, 0) is 4.79 Å². The van der Waals surface area contributed by atoms with E-state index in [1.165, 1.54) is 11.8 Å². The van der Waals surface area contributed by atoms with Gasteiger partial charge in [0, 0.05) is 12.1 Å². The summed E-state index contributed by atoms with van der Waals surface area (Å²) in [6, 6.07) is 7.70.